The maximum atomic E-state index is 5.45. The van der Waals surface area contributed by atoms with Gasteiger partial charge in [-0.2, -0.15) is 7.05 Å². The number of nitrogens with two attached hydrogens (primary N) is 2. The van der Waals surface area contributed by atoms with E-state index in [0.29, 0.717) is 6.54 Å². The summed E-state index contributed by atoms with van der Waals surface area (Å²) in [5.74, 6) is 0. The maximum Gasteiger partial charge on any atom is 0.0773 e. The van der Waals surface area contributed by atoms with Crippen molar-refractivity contribution in [3.05, 3.63) is 42.4 Å². The summed E-state index contributed by atoms with van der Waals surface area (Å²) in [6.45, 7) is 1.55. The largest absolute Gasteiger partial charge is 0.475 e. The Morgan fingerprint density at radius 1 is 1.18 bits per heavy atom. The summed E-state index contributed by atoms with van der Waals surface area (Å²) < 4.78 is 0. The molecule has 0 fully saturated rings. The number of rotatable bonds is 3. The Bertz CT molecular complexity index is 203. The zero-order valence-corrected chi connectivity index (χ0v) is 6.59. The van der Waals surface area contributed by atoms with Gasteiger partial charge in [-0.15, -0.1) is 0 Å². The number of hydrogen-bond acceptors (Lipinski definition) is 1. The van der Waals surface area contributed by atoms with Crippen LogP contribution in [0.3, 0.4) is 0 Å². The summed E-state index contributed by atoms with van der Waals surface area (Å²) in [7, 11) is 3.67. The van der Waals surface area contributed by atoms with Crippen LogP contribution in [0.2, 0.25) is 0 Å². The molecule has 60 valence electrons. The highest BCUT2D eigenvalue weighted by Gasteiger charge is 1.91. The predicted molar refractivity (Wildman–Crippen MR) is 45.3 cm³/mol. The van der Waals surface area contributed by atoms with Crippen LogP contribution in [0, 0.1) is 7.05 Å². The van der Waals surface area contributed by atoms with Crippen LogP contribution >= 0.6 is 0 Å². The van der Waals surface area contributed by atoms with Gasteiger partial charge in [0.05, 0.1) is 6.54 Å². The third-order valence-corrected chi connectivity index (χ3v) is 1.64. The molecule has 1 aromatic rings. The van der Waals surface area contributed by atoms with Gasteiger partial charge in [-0.1, -0.05) is 24.3 Å². The highest BCUT2D eigenvalue weighted by molar-refractivity contribution is 5.21. The first-order valence-corrected chi connectivity index (χ1v) is 3.75. The number of benzene rings is 1. The van der Waals surface area contributed by atoms with Gasteiger partial charge >= 0.3 is 0 Å². The first kappa shape index (κ1) is 8.24. The predicted octanol–water partition coefficient (Wildman–Crippen LogP) is 0.000290. The molecule has 0 radical (unpaired) electrons. The lowest BCUT2D eigenvalue weighted by Gasteiger charge is -2.01. The summed E-state index contributed by atoms with van der Waals surface area (Å²) >= 11 is 0. The molecular weight excluding hydrogens is 136 g/mol. The van der Waals surface area contributed by atoms with E-state index in [2.05, 4.69) is 31.3 Å². The topological polar surface area (TPSA) is 42.6 Å². The molecule has 0 heterocycles. The fourth-order valence-electron chi connectivity index (χ4n) is 0.978. The van der Waals surface area contributed by atoms with Crippen LogP contribution in [-0.4, -0.2) is 0 Å². The molecule has 4 N–H and O–H groups in total. The first-order chi connectivity index (χ1) is 5.36. The van der Waals surface area contributed by atoms with Crippen molar-refractivity contribution in [3.63, 3.8) is 0 Å². The summed E-state index contributed by atoms with van der Waals surface area (Å²) in [4.78, 5) is 0. The Labute approximate surface area is 67.4 Å². The molecule has 0 amide bonds. The molecule has 11 heavy (non-hydrogen) atoms. The molecular formula is C9H14N2. The summed E-state index contributed by atoms with van der Waals surface area (Å²) in [5.41, 5.74) is 7.92. The van der Waals surface area contributed by atoms with Crippen molar-refractivity contribution >= 4 is 0 Å². The van der Waals surface area contributed by atoms with Crippen LogP contribution in [0.15, 0.2) is 24.3 Å². The van der Waals surface area contributed by atoms with Crippen LogP contribution < -0.4 is 11.1 Å². The summed E-state index contributed by atoms with van der Waals surface area (Å²) in [5, 5.41) is 1.90. The highest BCUT2D eigenvalue weighted by atomic mass is 14.8. The second-order valence-corrected chi connectivity index (χ2v) is 2.51. The Kier molecular flexibility index (Phi) is 3.08. The minimum Gasteiger partial charge on any atom is -0.475 e. The molecule has 0 aromatic heterocycles. The Morgan fingerprint density at radius 3 is 2.18 bits per heavy atom. The molecule has 0 saturated carbocycles. The van der Waals surface area contributed by atoms with E-state index >= 15 is 0 Å². The standard InChI is InChI=1S/C9H14N2/c1-11-7-9-4-2-8(6-10)3-5-9/h2-5H,1,6-7,10-11H2. The van der Waals surface area contributed by atoms with E-state index in [9.17, 15) is 0 Å². The Balaban J connectivity index is 2.66. The molecule has 2 heteroatoms. The first-order valence-electron chi connectivity index (χ1n) is 3.75. The van der Waals surface area contributed by atoms with E-state index < -0.39 is 0 Å². The van der Waals surface area contributed by atoms with Gasteiger partial charge in [0.25, 0.3) is 0 Å². The van der Waals surface area contributed by atoms with E-state index in [4.69, 9.17) is 5.73 Å². The third-order valence-electron chi connectivity index (χ3n) is 1.64. The van der Waals surface area contributed by atoms with Crippen molar-refractivity contribution in [2.24, 2.45) is 5.73 Å². The van der Waals surface area contributed by atoms with Crippen molar-refractivity contribution in [3.8, 4) is 0 Å². The highest BCUT2D eigenvalue weighted by Crippen LogP contribution is 2.01. The van der Waals surface area contributed by atoms with Crippen molar-refractivity contribution in [2.45, 2.75) is 13.1 Å². The van der Waals surface area contributed by atoms with Gasteiger partial charge in [0.15, 0.2) is 0 Å². The van der Waals surface area contributed by atoms with E-state index in [1.807, 2.05) is 5.32 Å². The van der Waals surface area contributed by atoms with Crippen LogP contribution in [0.4, 0.5) is 0 Å². The lowest BCUT2D eigenvalue weighted by Crippen LogP contribution is -2.74. The lowest BCUT2D eigenvalue weighted by molar-refractivity contribution is -0.612. The second-order valence-electron chi connectivity index (χ2n) is 2.51. The van der Waals surface area contributed by atoms with E-state index in [1.165, 1.54) is 11.1 Å². The van der Waals surface area contributed by atoms with Gasteiger partial charge < -0.3 is 11.1 Å². The molecule has 0 saturated heterocycles. The SMILES string of the molecule is [CH2-][NH2+]Cc1ccc(CN)cc1. The van der Waals surface area contributed by atoms with Gasteiger partial charge in [-0.05, 0) is 5.56 Å². The quantitative estimate of drug-likeness (QED) is 0.585. The van der Waals surface area contributed by atoms with Gasteiger partial charge in [0, 0.05) is 12.1 Å². The van der Waals surface area contributed by atoms with Gasteiger partial charge in [0.2, 0.25) is 0 Å². The number of hydrogen-bond donors (Lipinski definition) is 2. The summed E-state index contributed by atoms with van der Waals surface area (Å²) in [6, 6.07) is 8.28. The summed E-state index contributed by atoms with van der Waals surface area (Å²) in [6.07, 6.45) is 0. The second kappa shape index (κ2) is 4.11. The average Bonchev–Trinajstić information content (AvgIpc) is 2.07. The van der Waals surface area contributed by atoms with Crippen molar-refractivity contribution in [1.82, 2.24) is 0 Å². The van der Waals surface area contributed by atoms with E-state index in [0.717, 1.165) is 6.54 Å². The Morgan fingerprint density at radius 2 is 1.73 bits per heavy atom. The van der Waals surface area contributed by atoms with Gasteiger partial charge in [-0.3, -0.25) is 0 Å². The molecule has 0 aliphatic heterocycles. The molecule has 0 spiro atoms. The van der Waals surface area contributed by atoms with Crippen LogP contribution in [0.1, 0.15) is 11.1 Å². The third kappa shape index (κ3) is 2.33. The number of quaternary nitrogens is 1. The van der Waals surface area contributed by atoms with E-state index in [-0.39, 0.29) is 0 Å². The van der Waals surface area contributed by atoms with Crippen LogP contribution in [0.5, 0.6) is 0 Å². The lowest BCUT2D eigenvalue weighted by atomic mass is 10.1. The Hall–Kier alpha value is -0.860. The smallest absolute Gasteiger partial charge is 0.0773 e. The molecule has 1 rings (SSSR count). The van der Waals surface area contributed by atoms with E-state index in [1.54, 1.807) is 0 Å². The zero-order chi connectivity index (χ0) is 8.10. The van der Waals surface area contributed by atoms with Crippen molar-refractivity contribution < 1.29 is 5.32 Å². The zero-order valence-electron chi connectivity index (χ0n) is 6.59. The molecule has 0 atom stereocenters. The molecule has 0 aliphatic rings. The van der Waals surface area contributed by atoms with Crippen molar-refractivity contribution in [1.29, 1.82) is 0 Å². The fourth-order valence-corrected chi connectivity index (χ4v) is 0.978. The van der Waals surface area contributed by atoms with Crippen molar-refractivity contribution in [2.75, 3.05) is 0 Å². The molecule has 0 bridgehead atoms. The normalized spacial score (nSPS) is 10.0. The molecule has 0 aliphatic carbocycles. The molecule has 0 unspecified atom stereocenters. The average molecular weight is 150 g/mol. The fraction of sp³-hybridized carbons (Fsp3) is 0.222. The monoisotopic (exact) mass is 150 g/mol. The van der Waals surface area contributed by atoms with Crippen LogP contribution in [0.25, 0.3) is 0 Å². The molecule has 1 aromatic carbocycles. The van der Waals surface area contributed by atoms with Crippen LogP contribution in [-0.2, 0) is 13.1 Å². The minimum atomic E-state index is 0.619. The van der Waals surface area contributed by atoms with Gasteiger partial charge in [0.1, 0.15) is 0 Å². The molecule has 2 nitrogen and oxygen atoms in total. The van der Waals surface area contributed by atoms with Gasteiger partial charge in [-0.25, -0.2) is 0 Å². The maximum absolute atomic E-state index is 5.45. The minimum absolute atomic E-state index is 0.619.